The van der Waals surface area contributed by atoms with Crippen LogP contribution in [0.4, 0.5) is 0 Å². The Labute approximate surface area is 174 Å². The molecular weight excluding hydrogens is 415 g/mol. The lowest BCUT2D eigenvalue weighted by Crippen LogP contribution is -2.20. The molecule has 1 fully saturated rings. The van der Waals surface area contributed by atoms with Crippen LogP contribution in [0.3, 0.4) is 0 Å². The first kappa shape index (κ1) is 17.4. The molecule has 0 aromatic carbocycles. The maximum Gasteiger partial charge on any atom is 0.139 e. The molecule has 6 rings (SSSR count). The van der Waals surface area contributed by atoms with Gasteiger partial charge in [0.05, 0.1) is 8.42 Å². The lowest BCUT2D eigenvalue weighted by molar-refractivity contribution is 0.358. The molecule has 0 radical (unpaired) electrons. The minimum Gasteiger partial charge on any atom is -0.185 e. The maximum atomic E-state index is 9.27. The van der Waals surface area contributed by atoms with Crippen molar-refractivity contribution < 1.29 is 0 Å². The number of nitriles is 1. The first-order chi connectivity index (χ1) is 12.8. The third-order valence-corrected chi connectivity index (χ3v) is 11.1. The predicted octanol–water partition coefficient (Wildman–Crippen LogP) is 8.25. The Bertz CT molecular complexity index is 994. The molecule has 3 aromatic heterocycles. The minimum absolute atomic E-state index is 0.691. The highest BCUT2D eigenvalue weighted by Crippen LogP contribution is 2.59. The first-order valence-electron chi connectivity index (χ1n) is 8.75. The summed E-state index contributed by atoms with van der Waals surface area (Å²) in [4.78, 5) is 5.56. The monoisotopic (exact) mass is 431 g/mol. The second-order valence-corrected chi connectivity index (χ2v) is 12.1. The number of nitrogens with zero attached hydrogens (tertiary/aromatic N) is 1. The molecule has 3 aromatic rings. The molecular formula is C20H17NS5. The van der Waals surface area contributed by atoms with E-state index in [4.69, 9.17) is 0 Å². The van der Waals surface area contributed by atoms with E-state index in [1.54, 1.807) is 5.56 Å². The van der Waals surface area contributed by atoms with Crippen LogP contribution >= 0.6 is 57.5 Å². The zero-order valence-electron chi connectivity index (χ0n) is 14.3. The first-order valence-corrected chi connectivity index (χ1v) is 13.2. The molecule has 132 valence electrons. The van der Waals surface area contributed by atoms with Gasteiger partial charge in [-0.25, -0.2) is 0 Å². The minimum atomic E-state index is 0.691. The summed E-state index contributed by atoms with van der Waals surface area (Å²) in [6, 6.07) is 9.04. The Morgan fingerprint density at radius 3 is 2.23 bits per heavy atom. The number of rotatable bonds is 4. The van der Waals surface area contributed by atoms with Crippen molar-refractivity contribution in [2.75, 3.05) is 6.26 Å². The Kier molecular flexibility index (Phi) is 4.70. The van der Waals surface area contributed by atoms with Crippen LogP contribution in [0, 0.1) is 10.7 Å². The molecule has 0 spiro atoms. The molecule has 0 amide bonds. The van der Waals surface area contributed by atoms with Crippen molar-refractivity contribution in [1.82, 2.24) is 0 Å². The van der Waals surface area contributed by atoms with Gasteiger partial charge in [0.1, 0.15) is 5.40 Å². The van der Waals surface area contributed by atoms with E-state index in [2.05, 4.69) is 35.9 Å². The van der Waals surface area contributed by atoms with Gasteiger partial charge in [-0.05, 0) is 79.2 Å². The Balaban J connectivity index is 1.59. The van der Waals surface area contributed by atoms with Gasteiger partial charge in [0.25, 0.3) is 0 Å². The number of thiocyanates is 1. The molecule has 2 bridgehead atoms. The SMILES string of the molecule is CSc1ccc(-c2ccc(-c3sc(SC#N)c4c3C3CCC4CC3)s2)s1. The van der Waals surface area contributed by atoms with E-state index in [9.17, 15) is 5.26 Å². The Morgan fingerprint density at radius 2 is 1.54 bits per heavy atom. The van der Waals surface area contributed by atoms with Gasteiger partial charge in [0.2, 0.25) is 0 Å². The fraction of sp³-hybridized carbons (Fsp3) is 0.350. The van der Waals surface area contributed by atoms with E-state index in [-0.39, 0.29) is 0 Å². The normalized spacial score (nSPS) is 20.9. The van der Waals surface area contributed by atoms with Gasteiger partial charge >= 0.3 is 0 Å². The molecule has 0 aliphatic heterocycles. The van der Waals surface area contributed by atoms with Crippen LogP contribution in [-0.2, 0) is 0 Å². The van der Waals surface area contributed by atoms with Crippen molar-refractivity contribution in [1.29, 1.82) is 5.26 Å². The number of hydrogen-bond acceptors (Lipinski definition) is 6. The van der Waals surface area contributed by atoms with Crippen LogP contribution in [0.25, 0.3) is 19.5 Å². The summed E-state index contributed by atoms with van der Waals surface area (Å²) >= 11 is 8.86. The summed E-state index contributed by atoms with van der Waals surface area (Å²) < 4.78 is 2.64. The lowest BCUT2D eigenvalue weighted by atomic mass is 9.68. The Morgan fingerprint density at radius 1 is 0.885 bits per heavy atom. The van der Waals surface area contributed by atoms with Crippen LogP contribution in [-0.4, -0.2) is 6.26 Å². The summed E-state index contributed by atoms with van der Waals surface area (Å²) in [5, 5.41) is 11.6. The highest BCUT2D eigenvalue weighted by molar-refractivity contribution is 8.05. The van der Waals surface area contributed by atoms with Gasteiger partial charge in [-0.3, -0.25) is 0 Å². The van der Waals surface area contributed by atoms with Crippen molar-refractivity contribution in [3.8, 4) is 24.9 Å². The fourth-order valence-electron chi connectivity index (χ4n) is 4.35. The summed E-state index contributed by atoms with van der Waals surface area (Å²) in [5.74, 6) is 1.40. The zero-order chi connectivity index (χ0) is 17.7. The molecule has 3 heterocycles. The summed E-state index contributed by atoms with van der Waals surface area (Å²) in [6.07, 6.45) is 7.43. The van der Waals surface area contributed by atoms with Crippen LogP contribution < -0.4 is 0 Å². The third-order valence-electron chi connectivity index (χ3n) is 5.49. The second-order valence-electron chi connectivity index (χ2n) is 6.77. The molecule has 0 unspecified atom stereocenters. The van der Waals surface area contributed by atoms with E-state index in [0.717, 1.165) is 0 Å². The van der Waals surface area contributed by atoms with Gasteiger partial charge in [-0.15, -0.1) is 45.8 Å². The highest BCUT2D eigenvalue weighted by Gasteiger charge is 2.38. The van der Waals surface area contributed by atoms with Crippen molar-refractivity contribution in [3.05, 3.63) is 35.4 Å². The zero-order valence-corrected chi connectivity index (χ0v) is 18.4. The largest absolute Gasteiger partial charge is 0.185 e. The van der Waals surface area contributed by atoms with Crippen LogP contribution in [0.1, 0.15) is 48.6 Å². The number of thioether (sulfide) groups is 2. The van der Waals surface area contributed by atoms with Gasteiger partial charge in [-0.1, -0.05) is 0 Å². The highest BCUT2D eigenvalue weighted by atomic mass is 32.2. The molecule has 3 aliphatic rings. The molecule has 6 heteroatoms. The lowest BCUT2D eigenvalue weighted by Gasteiger charge is -2.37. The summed E-state index contributed by atoms with van der Waals surface area (Å²) in [6.45, 7) is 0. The van der Waals surface area contributed by atoms with E-state index in [1.807, 2.05) is 45.8 Å². The standard InChI is InChI=1S/C20H17NS5/c1-22-16-9-8-14(25-16)13-6-7-15(24-13)19-17-11-2-4-12(5-3-11)18(17)20(26-19)23-10-21/h6-9,11-12H,2-5H2,1H3. The van der Waals surface area contributed by atoms with Crippen molar-refractivity contribution in [2.24, 2.45) is 0 Å². The van der Waals surface area contributed by atoms with Crippen molar-refractivity contribution in [2.45, 2.75) is 45.9 Å². The van der Waals surface area contributed by atoms with Gasteiger partial charge in [0, 0.05) is 31.3 Å². The average Bonchev–Trinajstić information content (AvgIpc) is 3.41. The number of thiophene rings is 3. The van der Waals surface area contributed by atoms with Gasteiger partial charge in [0.15, 0.2) is 0 Å². The van der Waals surface area contributed by atoms with Crippen LogP contribution in [0.15, 0.2) is 32.7 Å². The Hall–Kier alpha value is -0.710. The third kappa shape index (κ3) is 2.80. The van der Waals surface area contributed by atoms with E-state index < -0.39 is 0 Å². The topological polar surface area (TPSA) is 23.8 Å². The van der Waals surface area contributed by atoms with E-state index in [0.29, 0.717) is 11.8 Å². The fourth-order valence-corrected chi connectivity index (χ4v) is 9.32. The van der Waals surface area contributed by atoms with Gasteiger partial charge in [-0.2, -0.15) is 5.26 Å². The number of fused-ring (bicyclic) bond motifs is 2. The summed E-state index contributed by atoms with van der Waals surface area (Å²) in [7, 11) is 0. The van der Waals surface area contributed by atoms with Crippen LogP contribution in [0.5, 0.6) is 0 Å². The van der Waals surface area contributed by atoms with E-state index in [1.165, 1.54) is 70.9 Å². The quantitative estimate of drug-likeness (QED) is 0.307. The molecule has 3 aliphatic carbocycles. The molecule has 0 atom stereocenters. The molecule has 0 saturated heterocycles. The second kappa shape index (κ2) is 7.03. The molecule has 26 heavy (non-hydrogen) atoms. The maximum absolute atomic E-state index is 9.27. The predicted molar refractivity (Wildman–Crippen MR) is 118 cm³/mol. The van der Waals surface area contributed by atoms with Crippen molar-refractivity contribution in [3.63, 3.8) is 0 Å². The van der Waals surface area contributed by atoms with E-state index >= 15 is 0 Å². The molecule has 0 N–H and O–H groups in total. The van der Waals surface area contributed by atoms with Crippen LogP contribution in [0.2, 0.25) is 0 Å². The van der Waals surface area contributed by atoms with Gasteiger partial charge < -0.3 is 0 Å². The molecule has 1 nitrogen and oxygen atoms in total. The van der Waals surface area contributed by atoms with Crippen molar-refractivity contribution >= 4 is 57.5 Å². The molecule has 1 saturated carbocycles. The number of hydrogen-bond donors (Lipinski definition) is 0. The summed E-state index contributed by atoms with van der Waals surface area (Å²) in [5.41, 5.74) is 3.13. The smallest absolute Gasteiger partial charge is 0.139 e. The average molecular weight is 432 g/mol.